The summed E-state index contributed by atoms with van der Waals surface area (Å²) in [5, 5.41) is 10.1. The van der Waals surface area contributed by atoms with Crippen LogP contribution in [0.25, 0.3) is 0 Å². The molecule has 0 spiro atoms. The second kappa shape index (κ2) is 6.43. The lowest BCUT2D eigenvalue weighted by molar-refractivity contribution is -0.127. The van der Waals surface area contributed by atoms with Gasteiger partial charge in [0.05, 0.1) is 12.2 Å². The summed E-state index contributed by atoms with van der Waals surface area (Å²) in [5.74, 6) is 0.418. The van der Waals surface area contributed by atoms with Gasteiger partial charge in [-0.05, 0) is 38.1 Å². The summed E-state index contributed by atoms with van der Waals surface area (Å²) in [4.78, 5) is 12.0. The fraction of sp³-hybridized carbons (Fsp3) is 0.286. The molecule has 1 aromatic heterocycles. The zero-order valence-corrected chi connectivity index (χ0v) is 12.0. The van der Waals surface area contributed by atoms with Crippen LogP contribution in [0.2, 0.25) is 5.02 Å². The lowest BCUT2D eigenvalue weighted by Crippen LogP contribution is -2.37. The van der Waals surface area contributed by atoms with Gasteiger partial charge in [-0.15, -0.1) is 0 Å². The van der Waals surface area contributed by atoms with Crippen LogP contribution in [0.3, 0.4) is 0 Å². The third-order valence-electron chi connectivity index (χ3n) is 2.87. The van der Waals surface area contributed by atoms with Crippen molar-refractivity contribution in [2.45, 2.75) is 26.0 Å². The summed E-state index contributed by atoms with van der Waals surface area (Å²) in [7, 11) is 0. The Kier molecular flexibility index (Phi) is 4.63. The van der Waals surface area contributed by atoms with Crippen molar-refractivity contribution in [1.82, 2.24) is 15.5 Å². The van der Waals surface area contributed by atoms with Crippen molar-refractivity contribution in [3.05, 3.63) is 47.2 Å². The van der Waals surface area contributed by atoms with Crippen molar-refractivity contribution in [2.75, 3.05) is 0 Å². The first-order valence-electron chi connectivity index (χ1n) is 6.27. The Balaban J connectivity index is 1.90. The molecule has 0 saturated heterocycles. The molecular formula is C14H16ClN3O2. The van der Waals surface area contributed by atoms with Crippen LogP contribution in [-0.2, 0) is 4.79 Å². The third kappa shape index (κ3) is 3.74. The van der Waals surface area contributed by atoms with Crippen molar-refractivity contribution in [2.24, 2.45) is 0 Å². The van der Waals surface area contributed by atoms with Crippen molar-refractivity contribution < 1.29 is 9.53 Å². The number of halogens is 1. The Morgan fingerprint density at radius 1 is 1.35 bits per heavy atom. The van der Waals surface area contributed by atoms with Crippen molar-refractivity contribution in [3.63, 3.8) is 0 Å². The van der Waals surface area contributed by atoms with E-state index in [1.165, 1.54) is 0 Å². The molecule has 0 fully saturated rings. The SMILES string of the molecule is CC(Oc1ccc(Cl)cc1)C(=O)NC(C)c1cn[nH]c1. The largest absolute Gasteiger partial charge is 0.481 e. The number of ether oxygens (including phenoxy) is 1. The van der Waals surface area contributed by atoms with Crippen LogP contribution < -0.4 is 10.1 Å². The van der Waals surface area contributed by atoms with Gasteiger partial charge in [0, 0.05) is 16.8 Å². The van der Waals surface area contributed by atoms with Crippen LogP contribution in [0.1, 0.15) is 25.5 Å². The number of hydrogen-bond acceptors (Lipinski definition) is 3. The van der Waals surface area contributed by atoms with Crippen LogP contribution in [0.4, 0.5) is 0 Å². The molecule has 2 N–H and O–H groups in total. The highest BCUT2D eigenvalue weighted by atomic mass is 35.5. The minimum Gasteiger partial charge on any atom is -0.481 e. The summed E-state index contributed by atoms with van der Waals surface area (Å²) in [6.07, 6.45) is 2.83. The zero-order valence-electron chi connectivity index (χ0n) is 11.3. The third-order valence-corrected chi connectivity index (χ3v) is 3.13. The average Bonchev–Trinajstić information content (AvgIpc) is 2.95. The Hall–Kier alpha value is -2.01. The molecule has 2 aromatic rings. The molecule has 2 atom stereocenters. The first-order chi connectivity index (χ1) is 9.56. The number of hydrogen-bond donors (Lipinski definition) is 2. The van der Waals surface area contributed by atoms with Gasteiger partial charge in [-0.2, -0.15) is 5.10 Å². The molecule has 0 saturated carbocycles. The minimum atomic E-state index is -0.592. The fourth-order valence-corrected chi connectivity index (χ4v) is 1.81. The van der Waals surface area contributed by atoms with Gasteiger partial charge in [-0.1, -0.05) is 11.6 Å². The number of carbonyl (C=O) groups excluding carboxylic acids is 1. The van der Waals surface area contributed by atoms with Crippen molar-refractivity contribution in [1.29, 1.82) is 0 Å². The molecule has 0 radical (unpaired) electrons. The van der Waals surface area contributed by atoms with Gasteiger partial charge in [0.25, 0.3) is 5.91 Å². The standard InChI is InChI=1S/C14H16ClN3O2/c1-9(11-7-16-17-8-11)18-14(19)10(2)20-13-5-3-12(15)4-6-13/h3-10H,1-2H3,(H,16,17)(H,18,19). The molecule has 2 rings (SSSR count). The molecule has 1 amide bonds. The maximum absolute atomic E-state index is 12.0. The maximum atomic E-state index is 12.0. The predicted octanol–water partition coefficient (Wildman–Crippen LogP) is 2.71. The zero-order chi connectivity index (χ0) is 14.5. The average molecular weight is 294 g/mol. The lowest BCUT2D eigenvalue weighted by atomic mass is 10.2. The highest BCUT2D eigenvalue weighted by Crippen LogP contribution is 2.17. The van der Waals surface area contributed by atoms with Crippen LogP contribution in [0.15, 0.2) is 36.7 Å². The van der Waals surface area contributed by atoms with Gasteiger partial charge in [0.15, 0.2) is 6.10 Å². The molecule has 106 valence electrons. The van der Waals surface area contributed by atoms with E-state index in [0.29, 0.717) is 10.8 Å². The summed E-state index contributed by atoms with van der Waals surface area (Å²) in [5.41, 5.74) is 0.914. The van der Waals surface area contributed by atoms with E-state index in [-0.39, 0.29) is 11.9 Å². The fourth-order valence-electron chi connectivity index (χ4n) is 1.68. The van der Waals surface area contributed by atoms with E-state index in [1.54, 1.807) is 43.6 Å². The van der Waals surface area contributed by atoms with Crippen LogP contribution in [-0.4, -0.2) is 22.2 Å². The monoisotopic (exact) mass is 293 g/mol. The first kappa shape index (κ1) is 14.4. The second-order valence-corrected chi connectivity index (χ2v) is 4.91. The van der Waals surface area contributed by atoms with Gasteiger partial charge in [-0.25, -0.2) is 0 Å². The van der Waals surface area contributed by atoms with Gasteiger partial charge >= 0.3 is 0 Å². The Morgan fingerprint density at radius 3 is 2.65 bits per heavy atom. The van der Waals surface area contributed by atoms with E-state index >= 15 is 0 Å². The van der Waals surface area contributed by atoms with E-state index in [9.17, 15) is 4.79 Å². The molecule has 1 heterocycles. The molecule has 5 nitrogen and oxygen atoms in total. The molecule has 0 aliphatic carbocycles. The number of rotatable bonds is 5. The van der Waals surface area contributed by atoms with E-state index in [1.807, 2.05) is 6.92 Å². The number of aromatic amines is 1. The second-order valence-electron chi connectivity index (χ2n) is 4.48. The quantitative estimate of drug-likeness (QED) is 0.891. The first-order valence-corrected chi connectivity index (χ1v) is 6.65. The predicted molar refractivity (Wildman–Crippen MR) is 76.7 cm³/mol. The Labute approximate surface area is 122 Å². The molecule has 0 bridgehead atoms. The van der Waals surface area contributed by atoms with Gasteiger partial charge in [-0.3, -0.25) is 9.89 Å². The van der Waals surface area contributed by atoms with Gasteiger partial charge in [0.2, 0.25) is 0 Å². The smallest absolute Gasteiger partial charge is 0.261 e. The van der Waals surface area contributed by atoms with Crippen molar-refractivity contribution in [3.8, 4) is 5.75 Å². The molecular weight excluding hydrogens is 278 g/mol. The van der Waals surface area contributed by atoms with Crippen LogP contribution in [0.5, 0.6) is 5.75 Å². The number of nitrogens with zero attached hydrogens (tertiary/aromatic N) is 1. The van der Waals surface area contributed by atoms with E-state index < -0.39 is 6.10 Å². The van der Waals surface area contributed by atoms with Crippen molar-refractivity contribution >= 4 is 17.5 Å². The number of H-pyrrole nitrogens is 1. The molecule has 0 aliphatic heterocycles. The van der Waals surface area contributed by atoms with Gasteiger partial charge in [0.1, 0.15) is 5.75 Å². The van der Waals surface area contributed by atoms with E-state index in [0.717, 1.165) is 5.56 Å². The summed E-state index contributed by atoms with van der Waals surface area (Å²) in [6, 6.07) is 6.76. The van der Waals surface area contributed by atoms with Crippen LogP contribution >= 0.6 is 11.6 Å². The summed E-state index contributed by atoms with van der Waals surface area (Å²) in [6.45, 7) is 3.59. The Bertz CT molecular complexity index is 554. The molecule has 6 heteroatoms. The summed E-state index contributed by atoms with van der Waals surface area (Å²) >= 11 is 5.79. The summed E-state index contributed by atoms with van der Waals surface area (Å²) < 4.78 is 5.56. The highest BCUT2D eigenvalue weighted by molar-refractivity contribution is 6.30. The topological polar surface area (TPSA) is 67.0 Å². The van der Waals surface area contributed by atoms with E-state index in [4.69, 9.17) is 16.3 Å². The molecule has 1 aromatic carbocycles. The minimum absolute atomic E-state index is 0.127. The molecule has 0 aliphatic rings. The molecule has 2 unspecified atom stereocenters. The van der Waals surface area contributed by atoms with Crippen LogP contribution in [0, 0.1) is 0 Å². The number of benzene rings is 1. The normalized spacial score (nSPS) is 13.6. The lowest BCUT2D eigenvalue weighted by Gasteiger charge is -2.18. The highest BCUT2D eigenvalue weighted by Gasteiger charge is 2.18. The Morgan fingerprint density at radius 2 is 2.05 bits per heavy atom. The molecule has 20 heavy (non-hydrogen) atoms. The maximum Gasteiger partial charge on any atom is 0.261 e. The van der Waals surface area contributed by atoms with E-state index in [2.05, 4.69) is 15.5 Å². The number of aromatic nitrogens is 2. The number of nitrogens with one attached hydrogen (secondary N) is 2. The number of amides is 1. The van der Waals surface area contributed by atoms with Gasteiger partial charge < -0.3 is 10.1 Å². The number of carbonyl (C=O) groups is 1.